The second kappa shape index (κ2) is 20.2. The smallest absolute Gasteiger partial charge is 0.330 e. The average molecular weight is 886 g/mol. The lowest BCUT2D eigenvalue weighted by Crippen LogP contribution is -2.47. The fourth-order valence-corrected chi connectivity index (χ4v) is 6.35. The third-order valence-electron chi connectivity index (χ3n) is 9.27. The number of halogens is 2. The topological polar surface area (TPSA) is 222 Å². The van der Waals surface area contributed by atoms with Crippen LogP contribution in [0, 0.1) is 20.2 Å². The van der Waals surface area contributed by atoms with E-state index in [-0.39, 0.29) is 41.1 Å². The van der Waals surface area contributed by atoms with Gasteiger partial charge in [0.25, 0.3) is 11.4 Å². The molecule has 7 rings (SSSR count). The SMILES string of the molecule is COc1cc(NCc2cnc(Cl)nc2NCc2ccc([N+](=O)[O-])cc2)cc(OC)c1.COc1cc(OC)cc(N2Cc3cnc(Cl)nc3N(Cc3ccc([N+](=O)[O-])cc3)C2=O)c1. The van der Waals surface area contributed by atoms with Crippen molar-refractivity contribution in [2.75, 3.05) is 48.9 Å². The molecule has 0 spiro atoms. The molecule has 0 aliphatic carbocycles. The van der Waals surface area contributed by atoms with E-state index in [0.717, 1.165) is 16.8 Å². The molecule has 21 heteroatoms. The molecule has 0 unspecified atom stereocenters. The number of ether oxygens (including phenoxy) is 4. The lowest BCUT2D eigenvalue weighted by atomic mass is 10.1. The number of amides is 2. The van der Waals surface area contributed by atoms with Gasteiger partial charge >= 0.3 is 6.03 Å². The Balaban J connectivity index is 0.000000207. The molecule has 2 N–H and O–H groups in total. The summed E-state index contributed by atoms with van der Waals surface area (Å²) in [5, 5.41) is 28.4. The summed E-state index contributed by atoms with van der Waals surface area (Å²) in [6.45, 7) is 1.20. The minimum Gasteiger partial charge on any atom is -0.497 e. The fraction of sp³-hybridized carbons (Fsp3) is 0.195. The van der Waals surface area contributed by atoms with E-state index >= 15 is 0 Å². The standard InChI is InChI=1S/C21H18ClN5O5.C20H20ClN5O4/c1-31-17-7-16(8-18(9-17)32-2)25-12-14-10-23-20(22)24-19(14)26(21(25)28)11-13-3-5-15(6-4-13)27(29)30;1-29-17-7-15(8-18(9-17)30-2)22-11-14-12-24-20(21)25-19(14)23-10-13-3-5-16(6-4-13)26(27)28/h3-10H,11-12H2,1-2H3;3-9,12,22H,10-11H2,1-2H3,(H,23,24,25). The molecule has 0 radical (unpaired) electrons. The molecule has 1 aliphatic rings. The minimum atomic E-state index is -0.476. The first-order valence-electron chi connectivity index (χ1n) is 18.4. The second-order valence-electron chi connectivity index (χ2n) is 13.2. The molecular formula is C41H38Cl2N10O9. The number of nitrogens with one attached hydrogen (secondary N) is 2. The van der Waals surface area contributed by atoms with Crippen LogP contribution in [0.1, 0.15) is 22.3 Å². The van der Waals surface area contributed by atoms with Crippen LogP contribution < -0.4 is 39.4 Å². The van der Waals surface area contributed by atoms with Gasteiger partial charge in [-0.05, 0) is 34.3 Å². The van der Waals surface area contributed by atoms with Crippen LogP contribution in [0.4, 0.5) is 39.2 Å². The molecule has 0 atom stereocenters. The van der Waals surface area contributed by atoms with Gasteiger partial charge in [0.2, 0.25) is 10.6 Å². The number of nitro groups is 2. The Morgan fingerprint density at radius 1 is 0.677 bits per heavy atom. The van der Waals surface area contributed by atoms with E-state index in [2.05, 4.69) is 30.6 Å². The summed E-state index contributed by atoms with van der Waals surface area (Å²) in [5.74, 6) is 3.36. The lowest BCUT2D eigenvalue weighted by molar-refractivity contribution is -0.385. The highest BCUT2D eigenvalue weighted by Gasteiger charge is 2.34. The molecule has 0 bridgehead atoms. The number of fused-ring (bicyclic) bond motifs is 1. The molecule has 2 amide bonds. The van der Waals surface area contributed by atoms with Gasteiger partial charge in [-0.3, -0.25) is 30.0 Å². The van der Waals surface area contributed by atoms with E-state index in [1.807, 2.05) is 12.1 Å². The average Bonchev–Trinajstić information content (AvgIpc) is 3.29. The van der Waals surface area contributed by atoms with E-state index in [0.29, 0.717) is 64.5 Å². The summed E-state index contributed by atoms with van der Waals surface area (Å²) in [5.41, 5.74) is 4.43. The quantitative estimate of drug-likeness (QED) is 0.0561. The predicted octanol–water partition coefficient (Wildman–Crippen LogP) is 8.48. The van der Waals surface area contributed by atoms with Crippen LogP contribution in [0.3, 0.4) is 0 Å². The number of nitro benzene ring substituents is 2. The second-order valence-corrected chi connectivity index (χ2v) is 13.9. The van der Waals surface area contributed by atoms with Crippen molar-refractivity contribution in [3.05, 3.63) is 150 Å². The van der Waals surface area contributed by atoms with Gasteiger partial charge in [-0.1, -0.05) is 24.3 Å². The van der Waals surface area contributed by atoms with Gasteiger partial charge in [-0.2, -0.15) is 4.98 Å². The molecule has 320 valence electrons. The number of non-ortho nitro benzene ring substituents is 2. The number of anilines is 4. The monoisotopic (exact) mass is 884 g/mol. The summed E-state index contributed by atoms with van der Waals surface area (Å²) in [6, 6.07) is 22.6. The van der Waals surface area contributed by atoms with Crippen LogP contribution in [0.2, 0.25) is 10.6 Å². The van der Waals surface area contributed by atoms with Crippen LogP contribution in [0.15, 0.2) is 97.3 Å². The summed E-state index contributed by atoms with van der Waals surface area (Å²) >= 11 is 12.0. The van der Waals surface area contributed by atoms with Crippen molar-refractivity contribution in [3.63, 3.8) is 0 Å². The third-order valence-corrected chi connectivity index (χ3v) is 9.63. The number of methoxy groups -OCH3 is 4. The molecule has 19 nitrogen and oxygen atoms in total. The maximum absolute atomic E-state index is 13.5. The van der Waals surface area contributed by atoms with Crippen LogP contribution >= 0.6 is 23.2 Å². The van der Waals surface area contributed by atoms with Gasteiger partial charge in [0.05, 0.1) is 57.1 Å². The van der Waals surface area contributed by atoms with Crippen LogP contribution in [0.5, 0.6) is 23.0 Å². The lowest BCUT2D eigenvalue weighted by Gasteiger charge is -2.36. The number of urea groups is 1. The van der Waals surface area contributed by atoms with Crippen molar-refractivity contribution in [2.45, 2.75) is 26.2 Å². The maximum Gasteiger partial charge on any atom is 0.330 e. The molecule has 2 aromatic heterocycles. The first kappa shape index (κ1) is 44.1. The Labute approximate surface area is 364 Å². The fourth-order valence-electron chi connectivity index (χ4n) is 6.09. The molecule has 6 aromatic rings. The zero-order valence-corrected chi connectivity index (χ0v) is 35.1. The van der Waals surface area contributed by atoms with Gasteiger partial charge in [0.1, 0.15) is 34.6 Å². The van der Waals surface area contributed by atoms with Gasteiger partial charge < -0.3 is 29.6 Å². The Bertz CT molecular complexity index is 2530. The number of aromatic nitrogens is 4. The molecule has 1 aliphatic heterocycles. The van der Waals surface area contributed by atoms with Gasteiger partial charge in [0.15, 0.2) is 0 Å². The van der Waals surface area contributed by atoms with Gasteiger partial charge in [0, 0.05) is 103 Å². The van der Waals surface area contributed by atoms with E-state index < -0.39 is 9.85 Å². The van der Waals surface area contributed by atoms with Crippen molar-refractivity contribution < 1.29 is 33.6 Å². The highest BCUT2D eigenvalue weighted by Crippen LogP contribution is 2.36. The first-order valence-corrected chi connectivity index (χ1v) is 19.2. The van der Waals surface area contributed by atoms with Crippen molar-refractivity contribution >= 4 is 63.6 Å². The Morgan fingerprint density at radius 2 is 1.19 bits per heavy atom. The first-order chi connectivity index (χ1) is 29.9. The Hall–Kier alpha value is -7.51. The van der Waals surface area contributed by atoms with Crippen LogP contribution in [-0.2, 0) is 26.2 Å². The molecular weight excluding hydrogens is 847 g/mol. The number of hydrogen-bond donors (Lipinski definition) is 2. The summed E-state index contributed by atoms with van der Waals surface area (Å²) in [7, 11) is 6.24. The van der Waals surface area contributed by atoms with Crippen molar-refractivity contribution in [3.8, 4) is 23.0 Å². The number of rotatable bonds is 15. The summed E-state index contributed by atoms with van der Waals surface area (Å²) in [4.78, 5) is 54.0. The number of nitrogens with zero attached hydrogens (tertiary/aromatic N) is 8. The highest BCUT2D eigenvalue weighted by molar-refractivity contribution is 6.28. The zero-order valence-electron chi connectivity index (χ0n) is 33.6. The third kappa shape index (κ3) is 11.0. The Morgan fingerprint density at radius 3 is 1.74 bits per heavy atom. The molecule has 0 fully saturated rings. The summed E-state index contributed by atoms with van der Waals surface area (Å²) in [6.07, 6.45) is 3.21. The van der Waals surface area contributed by atoms with E-state index in [4.69, 9.17) is 42.1 Å². The highest BCUT2D eigenvalue weighted by atomic mass is 35.5. The molecule has 0 saturated heterocycles. The Kier molecular flexibility index (Phi) is 14.3. The van der Waals surface area contributed by atoms with E-state index in [1.165, 1.54) is 43.4 Å². The van der Waals surface area contributed by atoms with E-state index in [1.54, 1.807) is 80.0 Å². The molecule has 0 saturated carbocycles. The van der Waals surface area contributed by atoms with Crippen molar-refractivity contribution in [1.82, 2.24) is 19.9 Å². The molecule has 62 heavy (non-hydrogen) atoms. The number of benzene rings is 4. The molecule has 4 aromatic carbocycles. The number of carbonyl (C=O) groups excluding carboxylic acids is 1. The zero-order chi connectivity index (χ0) is 44.3. The van der Waals surface area contributed by atoms with Gasteiger partial charge in [-0.25, -0.2) is 19.7 Å². The minimum absolute atomic E-state index is 0.0155. The largest absolute Gasteiger partial charge is 0.497 e. The van der Waals surface area contributed by atoms with Crippen molar-refractivity contribution in [1.29, 1.82) is 0 Å². The van der Waals surface area contributed by atoms with Crippen LogP contribution in [0.25, 0.3) is 0 Å². The summed E-state index contributed by atoms with van der Waals surface area (Å²) < 4.78 is 21.2. The van der Waals surface area contributed by atoms with Crippen LogP contribution in [-0.4, -0.2) is 64.3 Å². The normalized spacial score (nSPS) is 11.7. The van der Waals surface area contributed by atoms with Crippen molar-refractivity contribution in [2.24, 2.45) is 0 Å². The van der Waals surface area contributed by atoms with E-state index in [9.17, 15) is 25.0 Å². The number of hydrogen-bond acceptors (Lipinski definition) is 15. The maximum atomic E-state index is 13.5. The predicted molar refractivity (Wildman–Crippen MR) is 232 cm³/mol. The molecule has 3 heterocycles. The van der Waals surface area contributed by atoms with Gasteiger partial charge in [-0.15, -0.1) is 0 Å². The number of carbonyl (C=O) groups is 1.